The molecule has 0 fully saturated rings. The predicted octanol–water partition coefficient (Wildman–Crippen LogP) is 1.93. The fourth-order valence-corrected chi connectivity index (χ4v) is 1.19. The van der Waals surface area contributed by atoms with Crippen molar-refractivity contribution in [2.75, 3.05) is 11.5 Å². The smallest absolute Gasteiger partial charge is 0.334 e. The number of alkyl halides is 1. The first-order valence-electron chi connectivity index (χ1n) is 3.09. The fraction of sp³-hybridized carbons (Fsp3) is 0.571. The van der Waals surface area contributed by atoms with Gasteiger partial charge in [0.15, 0.2) is 0 Å². The standard InChI is InChI=1S/C7H11IO2/c1-3-4-6(5-8)7(9)10-2/h4H,3,5H2,1-2H3/b6-4+. The lowest BCUT2D eigenvalue weighted by atomic mass is 10.2. The third-order valence-corrected chi connectivity index (χ3v) is 1.86. The van der Waals surface area contributed by atoms with Gasteiger partial charge in [0.25, 0.3) is 0 Å². The van der Waals surface area contributed by atoms with E-state index in [1.165, 1.54) is 7.11 Å². The van der Waals surface area contributed by atoms with Crippen LogP contribution in [-0.2, 0) is 9.53 Å². The summed E-state index contributed by atoms with van der Waals surface area (Å²) in [5.74, 6) is -0.212. The van der Waals surface area contributed by atoms with Crippen LogP contribution in [0.5, 0.6) is 0 Å². The van der Waals surface area contributed by atoms with Gasteiger partial charge in [-0.2, -0.15) is 0 Å². The van der Waals surface area contributed by atoms with Crippen molar-refractivity contribution >= 4 is 28.6 Å². The molecule has 0 atom stereocenters. The average Bonchev–Trinajstić information content (AvgIpc) is 1.99. The monoisotopic (exact) mass is 254 g/mol. The third-order valence-electron chi connectivity index (χ3n) is 1.04. The van der Waals surface area contributed by atoms with Crippen molar-refractivity contribution in [3.63, 3.8) is 0 Å². The molecular weight excluding hydrogens is 243 g/mol. The van der Waals surface area contributed by atoms with Crippen LogP contribution in [0.4, 0.5) is 0 Å². The van der Waals surface area contributed by atoms with Crippen molar-refractivity contribution in [1.82, 2.24) is 0 Å². The SMILES string of the molecule is CC/C=C(\CI)C(=O)OC. The molecule has 0 aromatic heterocycles. The summed E-state index contributed by atoms with van der Waals surface area (Å²) in [6, 6.07) is 0. The van der Waals surface area contributed by atoms with Gasteiger partial charge in [-0.15, -0.1) is 0 Å². The molecule has 0 radical (unpaired) electrons. The van der Waals surface area contributed by atoms with Crippen LogP contribution < -0.4 is 0 Å². The van der Waals surface area contributed by atoms with E-state index in [4.69, 9.17) is 0 Å². The first-order chi connectivity index (χ1) is 4.76. The molecule has 10 heavy (non-hydrogen) atoms. The summed E-state index contributed by atoms with van der Waals surface area (Å²) in [4.78, 5) is 10.8. The largest absolute Gasteiger partial charge is 0.466 e. The lowest BCUT2D eigenvalue weighted by Gasteiger charge is -1.98. The molecule has 0 aromatic carbocycles. The molecule has 0 unspecified atom stereocenters. The number of halogens is 1. The Morgan fingerprint density at radius 1 is 1.70 bits per heavy atom. The number of rotatable bonds is 3. The van der Waals surface area contributed by atoms with Crippen LogP contribution in [0.15, 0.2) is 11.6 Å². The zero-order valence-electron chi connectivity index (χ0n) is 6.19. The normalized spacial score (nSPS) is 11.3. The Bertz CT molecular complexity index is 141. The van der Waals surface area contributed by atoms with E-state index in [1.54, 1.807) is 0 Å². The van der Waals surface area contributed by atoms with Crippen LogP contribution >= 0.6 is 22.6 Å². The molecule has 0 aliphatic carbocycles. The van der Waals surface area contributed by atoms with Gasteiger partial charge in [-0.3, -0.25) is 0 Å². The van der Waals surface area contributed by atoms with E-state index in [-0.39, 0.29) is 5.97 Å². The highest BCUT2D eigenvalue weighted by molar-refractivity contribution is 14.1. The number of ether oxygens (including phenoxy) is 1. The molecule has 3 heteroatoms. The molecule has 0 bridgehead atoms. The van der Waals surface area contributed by atoms with E-state index in [0.29, 0.717) is 0 Å². The number of methoxy groups -OCH3 is 1. The minimum atomic E-state index is -0.212. The molecular formula is C7H11IO2. The summed E-state index contributed by atoms with van der Waals surface area (Å²) in [5, 5.41) is 0. The molecule has 0 amide bonds. The highest BCUT2D eigenvalue weighted by Gasteiger charge is 2.05. The fourth-order valence-electron chi connectivity index (χ4n) is 0.570. The van der Waals surface area contributed by atoms with Gasteiger partial charge >= 0.3 is 5.97 Å². The van der Waals surface area contributed by atoms with E-state index < -0.39 is 0 Å². The molecule has 2 nitrogen and oxygen atoms in total. The van der Waals surface area contributed by atoms with E-state index in [9.17, 15) is 4.79 Å². The van der Waals surface area contributed by atoms with Gasteiger partial charge in [-0.05, 0) is 6.42 Å². The zero-order chi connectivity index (χ0) is 7.98. The summed E-state index contributed by atoms with van der Waals surface area (Å²) < 4.78 is 5.26. The van der Waals surface area contributed by atoms with E-state index >= 15 is 0 Å². The number of hydrogen-bond donors (Lipinski definition) is 0. The van der Waals surface area contributed by atoms with Crippen molar-refractivity contribution < 1.29 is 9.53 Å². The second-order valence-electron chi connectivity index (χ2n) is 1.76. The van der Waals surface area contributed by atoms with Gasteiger partial charge in [-0.25, -0.2) is 4.79 Å². The molecule has 0 saturated heterocycles. The van der Waals surface area contributed by atoms with Crippen LogP contribution in [0, 0.1) is 0 Å². The van der Waals surface area contributed by atoms with E-state index in [0.717, 1.165) is 16.4 Å². The molecule has 0 heterocycles. The maximum Gasteiger partial charge on any atom is 0.334 e. The predicted molar refractivity (Wildman–Crippen MR) is 49.3 cm³/mol. The van der Waals surface area contributed by atoms with Crippen LogP contribution in [0.2, 0.25) is 0 Å². The van der Waals surface area contributed by atoms with Crippen molar-refractivity contribution in [1.29, 1.82) is 0 Å². The molecule has 0 aliphatic heterocycles. The van der Waals surface area contributed by atoms with Crippen molar-refractivity contribution in [3.8, 4) is 0 Å². The van der Waals surface area contributed by atoms with E-state index in [1.807, 2.05) is 13.0 Å². The third kappa shape index (κ3) is 3.20. The topological polar surface area (TPSA) is 26.3 Å². The number of hydrogen-bond acceptors (Lipinski definition) is 2. The van der Waals surface area contributed by atoms with Crippen LogP contribution in [0.3, 0.4) is 0 Å². The Morgan fingerprint density at radius 2 is 2.30 bits per heavy atom. The highest BCUT2D eigenvalue weighted by atomic mass is 127. The summed E-state index contributed by atoms with van der Waals surface area (Å²) in [6.45, 7) is 2.00. The molecule has 0 rings (SSSR count). The van der Waals surface area contributed by atoms with Gasteiger partial charge < -0.3 is 4.74 Å². The lowest BCUT2D eigenvalue weighted by Crippen LogP contribution is -2.05. The molecule has 0 aromatic rings. The summed E-state index contributed by atoms with van der Waals surface area (Å²) >= 11 is 2.14. The number of carbonyl (C=O) groups is 1. The minimum Gasteiger partial charge on any atom is -0.466 e. The number of allylic oxidation sites excluding steroid dienone is 1. The summed E-state index contributed by atoms with van der Waals surface area (Å²) in [6.07, 6.45) is 2.77. The van der Waals surface area contributed by atoms with Crippen LogP contribution in [-0.4, -0.2) is 17.5 Å². The number of carbonyl (C=O) groups excluding carboxylic acids is 1. The second-order valence-corrected chi connectivity index (χ2v) is 2.53. The first kappa shape index (κ1) is 9.94. The van der Waals surface area contributed by atoms with Gasteiger partial charge in [-0.1, -0.05) is 35.6 Å². The molecule has 0 spiro atoms. The number of esters is 1. The lowest BCUT2D eigenvalue weighted by molar-refractivity contribution is -0.135. The maximum absolute atomic E-state index is 10.8. The van der Waals surface area contributed by atoms with Crippen molar-refractivity contribution in [3.05, 3.63) is 11.6 Å². The Balaban J connectivity index is 4.06. The maximum atomic E-state index is 10.8. The average molecular weight is 254 g/mol. The Hall–Kier alpha value is -0.0600. The Labute approximate surface area is 74.8 Å². The minimum absolute atomic E-state index is 0.212. The molecule has 0 aliphatic rings. The summed E-state index contributed by atoms with van der Waals surface area (Å²) in [7, 11) is 1.40. The summed E-state index contributed by atoms with van der Waals surface area (Å²) in [5.41, 5.74) is 0.755. The van der Waals surface area contributed by atoms with Gasteiger partial charge in [0.2, 0.25) is 0 Å². The zero-order valence-corrected chi connectivity index (χ0v) is 8.34. The van der Waals surface area contributed by atoms with E-state index in [2.05, 4.69) is 27.3 Å². The van der Waals surface area contributed by atoms with Crippen molar-refractivity contribution in [2.45, 2.75) is 13.3 Å². The Morgan fingerprint density at radius 3 is 2.60 bits per heavy atom. The molecule has 0 N–H and O–H groups in total. The van der Waals surface area contributed by atoms with Gasteiger partial charge in [0.05, 0.1) is 7.11 Å². The Kier molecular flexibility index (Phi) is 5.67. The van der Waals surface area contributed by atoms with Crippen LogP contribution in [0.1, 0.15) is 13.3 Å². The van der Waals surface area contributed by atoms with Crippen LogP contribution in [0.25, 0.3) is 0 Å². The highest BCUT2D eigenvalue weighted by Crippen LogP contribution is 2.03. The van der Waals surface area contributed by atoms with Gasteiger partial charge in [0.1, 0.15) is 0 Å². The first-order valence-corrected chi connectivity index (χ1v) is 4.62. The van der Waals surface area contributed by atoms with Gasteiger partial charge in [0, 0.05) is 10.0 Å². The quantitative estimate of drug-likeness (QED) is 0.333. The molecule has 0 saturated carbocycles. The second kappa shape index (κ2) is 5.70. The molecule has 58 valence electrons. The van der Waals surface area contributed by atoms with Crippen molar-refractivity contribution in [2.24, 2.45) is 0 Å².